The Balaban J connectivity index is 0. The third-order valence-corrected chi connectivity index (χ3v) is 2.92. The number of nitrogens with one attached hydrogen (secondary N) is 2. The van der Waals surface area contributed by atoms with Crippen molar-refractivity contribution in [1.29, 1.82) is 0 Å². The van der Waals surface area contributed by atoms with Gasteiger partial charge in [0.1, 0.15) is 0 Å². The SMILES string of the molecule is Cl.Cl.Fc1ccc(CNC2CCNCC2)cc1F.NC(=O)O. The number of primary amides is 1. The lowest BCUT2D eigenvalue weighted by atomic mass is 10.1. The first-order chi connectivity index (χ1) is 9.49. The van der Waals surface area contributed by atoms with Crippen LogP contribution in [0.2, 0.25) is 0 Å². The second-order valence-electron chi connectivity index (χ2n) is 4.49. The van der Waals surface area contributed by atoms with Gasteiger partial charge in [0, 0.05) is 12.6 Å². The summed E-state index contributed by atoms with van der Waals surface area (Å²) in [6, 6.07) is 4.53. The number of rotatable bonds is 3. The van der Waals surface area contributed by atoms with Crippen LogP contribution in [0.5, 0.6) is 0 Å². The maximum atomic E-state index is 12.9. The smallest absolute Gasteiger partial charge is 0.402 e. The molecule has 0 aromatic heterocycles. The highest BCUT2D eigenvalue weighted by atomic mass is 35.5. The van der Waals surface area contributed by atoms with E-state index in [9.17, 15) is 8.78 Å². The number of nitrogens with two attached hydrogens (primary N) is 1. The van der Waals surface area contributed by atoms with Gasteiger partial charge in [-0.05, 0) is 43.6 Å². The molecule has 2 rings (SSSR count). The van der Waals surface area contributed by atoms with Crippen LogP contribution in [-0.4, -0.2) is 30.3 Å². The minimum absolute atomic E-state index is 0. The average molecular weight is 360 g/mol. The summed E-state index contributed by atoms with van der Waals surface area (Å²) >= 11 is 0. The molecule has 0 spiro atoms. The molecule has 0 atom stereocenters. The molecule has 1 aliphatic rings. The Hall–Kier alpha value is -1.15. The molecule has 1 heterocycles. The maximum Gasteiger partial charge on any atom is 0.402 e. The maximum absolute atomic E-state index is 12.9. The molecule has 0 radical (unpaired) electrons. The molecule has 1 aliphatic heterocycles. The minimum Gasteiger partial charge on any atom is -0.465 e. The third-order valence-electron chi connectivity index (χ3n) is 2.92. The van der Waals surface area contributed by atoms with E-state index in [2.05, 4.69) is 16.4 Å². The molecule has 0 saturated carbocycles. The van der Waals surface area contributed by atoms with Crippen LogP contribution in [0.1, 0.15) is 18.4 Å². The summed E-state index contributed by atoms with van der Waals surface area (Å²) in [5, 5.41) is 13.8. The number of carboxylic acid groups (broad SMARTS) is 1. The Labute approximate surface area is 140 Å². The van der Waals surface area contributed by atoms with Gasteiger partial charge in [0.15, 0.2) is 11.6 Å². The molecule has 0 bridgehead atoms. The molecule has 1 saturated heterocycles. The molecule has 128 valence electrons. The van der Waals surface area contributed by atoms with Crippen LogP contribution in [-0.2, 0) is 6.54 Å². The molecule has 0 unspecified atom stereocenters. The van der Waals surface area contributed by atoms with Gasteiger partial charge >= 0.3 is 6.09 Å². The summed E-state index contributed by atoms with van der Waals surface area (Å²) in [7, 11) is 0. The third kappa shape index (κ3) is 9.73. The first kappa shape index (κ1) is 23.1. The highest BCUT2D eigenvalue weighted by Gasteiger charge is 2.12. The number of piperidine rings is 1. The molecule has 1 aromatic carbocycles. The van der Waals surface area contributed by atoms with Gasteiger partial charge in [0.2, 0.25) is 0 Å². The highest BCUT2D eigenvalue weighted by molar-refractivity contribution is 5.85. The van der Waals surface area contributed by atoms with Gasteiger partial charge in [-0.25, -0.2) is 13.6 Å². The standard InChI is InChI=1S/C12H16F2N2.CH3NO2.2ClH/c13-11-2-1-9(7-12(11)14)8-16-10-3-5-15-6-4-10;2-1(3)4;;/h1-2,7,10,15-16H,3-6,8H2;2H2,(H,3,4);2*1H. The Morgan fingerprint density at radius 1 is 1.27 bits per heavy atom. The van der Waals surface area contributed by atoms with Crippen molar-refractivity contribution >= 4 is 30.9 Å². The zero-order chi connectivity index (χ0) is 15.0. The quantitative estimate of drug-likeness (QED) is 0.666. The Bertz CT molecular complexity index is 443. The zero-order valence-corrected chi connectivity index (χ0v) is 13.5. The van der Waals surface area contributed by atoms with E-state index >= 15 is 0 Å². The van der Waals surface area contributed by atoms with Crippen molar-refractivity contribution in [1.82, 2.24) is 10.6 Å². The molecule has 1 amide bonds. The second-order valence-corrected chi connectivity index (χ2v) is 4.49. The summed E-state index contributed by atoms with van der Waals surface area (Å²) in [6.45, 7) is 2.65. The number of amides is 1. The molecule has 0 aliphatic carbocycles. The summed E-state index contributed by atoms with van der Waals surface area (Å²) in [4.78, 5) is 8.78. The fourth-order valence-corrected chi connectivity index (χ4v) is 1.94. The van der Waals surface area contributed by atoms with E-state index in [4.69, 9.17) is 9.90 Å². The zero-order valence-electron chi connectivity index (χ0n) is 11.9. The van der Waals surface area contributed by atoms with Crippen LogP contribution in [0, 0.1) is 11.6 Å². The molecule has 9 heteroatoms. The number of hydrogen-bond donors (Lipinski definition) is 4. The predicted molar refractivity (Wildman–Crippen MR) is 85.8 cm³/mol. The van der Waals surface area contributed by atoms with E-state index in [0.717, 1.165) is 31.5 Å². The number of hydrogen-bond acceptors (Lipinski definition) is 3. The number of carbonyl (C=O) groups is 1. The first-order valence-corrected chi connectivity index (χ1v) is 6.35. The summed E-state index contributed by atoms with van der Waals surface area (Å²) in [5.41, 5.74) is 4.82. The summed E-state index contributed by atoms with van der Waals surface area (Å²) in [6.07, 6.45) is 0.841. The monoisotopic (exact) mass is 359 g/mol. The molecule has 1 aromatic rings. The second kappa shape index (κ2) is 12.4. The Kier molecular flexibility index (Phi) is 13.0. The highest BCUT2D eigenvalue weighted by Crippen LogP contribution is 2.09. The normalized spacial score (nSPS) is 13.9. The first-order valence-electron chi connectivity index (χ1n) is 6.35. The molecule has 5 nitrogen and oxygen atoms in total. The lowest BCUT2D eigenvalue weighted by Crippen LogP contribution is -2.39. The fraction of sp³-hybridized carbons (Fsp3) is 0.462. The van der Waals surface area contributed by atoms with Crippen molar-refractivity contribution in [2.75, 3.05) is 13.1 Å². The van der Waals surface area contributed by atoms with E-state index in [0.29, 0.717) is 12.6 Å². The van der Waals surface area contributed by atoms with Gasteiger partial charge in [0.25, 0.3) is 0 Å². The van der Waals surface area contributed by atoms with Crippen LogP contribution in [0.25, 0.3) is 0 Å². The van der Waals surface area contributed by atoms with Crippen LogP contribution in [0.4, 0.5) is 13.6 Å². The number of halogens is 4. The van der Waals surface area contributed by atoms with Crippen molar-refractivity contribution < 1.29 is 18.7 Å². The van der Waals surface area contributed by atoms with E-state index < -0.39 is 17.7 Å². The molecular weight excluding hydrogens is 339 g/mol. The molecule has 1 fully saturated rings. The fourth-order valence-electron chi connectivity index (χ4n) is 1.94. The van der Waals surface area contributed by atoms with Gasteiger partial charge in [-0.15, -0.1) is 24.8 Å². The predicted octanol–water partition coefficient (Wildman–Crippen LogP) is 2.27. The van der Waals surface area contributed by atoms with Gasteiger partial charge in [-0.3, -0.25) is 0 Å². The van der Waals surface area contributed by atoms with Crippen LogP contribution >= 0.6 is 24.8 Å². The minimum atomic E-state index is -1.33. The van der Waals surface area contributed by atoms with Crippen LogP contribution < -0.4 is 16.4 Å². The van der Waals surface area contributed by atoms with E-state index in [1.807, 2.05) is 0 Å². The molecule has 22 heavy (non-hydrogen) atoms. The topological polar surface area (TPSA) is 87.4 Å². The Morgan fingerprint density at radius 2 is 1.82 bits per heavy atom. The van der Waals surface area contributed by atoms with E-state index in [1.54, 1.807) is 6.07 Å². The van der Waals surface area contributed by atoms with Crippen LogP contribution in [0.3, 0.4) is 0 Å². The molecular formula is C13H21Cl2F2N3O2. The number of benzene rings is 1. The van der Waals surface area contributed by atoms with Gasteiger partial charge in [-0.2, -0.15) is 0 Å². The van der Waals surface area contributed by atoms with Crippen molar-refractivity contribution in [3.05, 3.63) is 35.4 Å². The molecule has 5 N–H and O–H groups in total. The largest absolute Gasteiger partial charge is 0.465 e. The Morgan fingerprint density at radius 3 is 2.32 bits per heavy atom. The van der Waals surface area contributed by atoms with Gasteiger partial charge in [-0.1, -0.05) is 6.07 Å². The van der Waals surface area contributed by atoms with E-state index in [-0.39, 0.29) is 24.8 Å². The van der Waals surface area contributed by atoms with Crippen molar-refractivity contribution in [2.45, 2.75) is 25.4 Å². The average Bonchev–Trinajstić information content (AvgIpc) is 2.41. The summed E-state index contributed by atoms with van der Waals surface area (Å²) in [5.74, 6) is -1.56. The van der Waals surface area contributed by atoms with Gasteiger partial charge < -0.3 is 21.5 Å². The lowest BCUT2D eigenvalue weighted by Gasteiger charge is -2.23. The van der Waals surface area contributed by atoms with Gasteiger partial charge in [0.05, 0.1) is 0 Å². The van der Waals surface area contributed by atoms with Crippen molar-refractivity contribution in [3.63, 3.8) is 0 Å². The van der Waals surface area contributed by atoms with Crippen molar-refractivity contribution in [2.24, 2.45) is 5.73 Å². The van der Waals surface area contributed by atoms with E-state index in [1.165, 1.54) is 12.1 Å². The van der Waals surface area contributed by atoms with Crippen molar-refractivity contribution in [3.8, 4) is 0 Å². The summed E-state index contributed by atoms with van der Waals surface area (Å²) < 4.78 is 25.6. The lowest BCUT2D eigenvalue weighted by molar-refractivity contribution is 0.205. The van der Waals surface area contributed by atoms with Crippen LogP contribution in [0.15, 0.2) is 18.2 Å².